The van der Waals surface area contributed by atoms with E-state index in [4.69, 9.17) is 0 Å². The summed E-state index contributed by atoms with van der Waals surface area (Å²) >= 11 is 0. The van der Waals surface area contributed by atoms with Gasteiger partial charge < -0.3 is 14.5 Å². The topological polar surface area (TPSA) is 56.0 Å². The first-order chi connectivity index (χ1) is 29.3. The molecule has 0 aliphatic carbocycles. The molecule has 0 saturated heterocycles. The number of sulfone groups is 1. The van der Waals surface area contributed by atoms with E-state index < -0.39 is 9.84 Å². The van der Waals surface area contributed by atoms with E-state index in [1.54, 1.807) is 0 Å². The van der Waals surface area contributed by atoms with Crippen molar-refractivity contribution in [2.75, 3.05) is 5.32 Å². The van der Waals surface area contributed by atoms with Crippen LogP contribution in [0.2, 0.25) is 0 Å². The van der Waals surface area contributed by atoms with Crippen LogP contribution in [0, 0.1) is 51.4 Å². The van der Waals surface area contributed by atoms with E-state index >= 15 is 8.42 Å². The maximum atomic E-state index is 15.2. The van der Waals surface area contributed by atoms with Crippen molar-refractivity contribution in [3.05, 3.63) is 141 Å². The van der Waals surface area contributed by atoms with Crippen LogP contribution >= 0.6 is 0 Å². The Kier molecular flexibility index (Phi) is 9.58. The summed E-state index contributed by atoms with van der Waals surface area (Å²) in [6.07, 6.45) is 0. The molecule has 0 bridgehead atoms. The van der Waals surface area contributed by atoms with Gasteiger partial charge in [-0.3, -0.25) is 0 Å². The van der Waals surface area contributed by atoms with Crippen LogP contribution in [0.5, 0.6) is 0 Å². The summed E-state index contributed by atoms with van der Waals surface area (Å²) < 4.78 is 35.1. The number of nitrogens with one attached hydrogen (secondary N) is 1. The van der Waals surface area contributed by atoms with Crippen LogP contribution in [0.25, 0.3) is 43.6 Å². The van der Waals surface area contributed by atoms with Crippen LogP contribution in [0.1, 0.15) is 111 Å². The molecule has 0 saturated carbocycles. The second kappa shape index (κ2) is 14.4. The fraction of sp³-hybridized carbons (Fsp3) is 0.286. The zero-order valence-electron chi connectivity index (χ0n) is 38.1. The normalized spacial score (nSPS) is 13.4. The molecule has 0 spiro atoms. The zero-order chi connectivity index (χ0) is 44.2. The quantitative estimate of drug-likeness (QED) is 0.177. The predicted molar refractivity (Wildman–Crippen MR) is 260 cm³/mol. The van der Waals surface area contributed by atoms with Gasteiger partial charge in [-0.05, 0) is 147 Å². The third kappa shape index (κ3) is 6.68. The predicted octanol–water partition coefficient (Wildman–Crippen LogP) is 13.5. The van der Waals surface area contributed by atoms with Gasteiger partial charge in [0.2, 0.25) is 9.84 Å². The van der Waals surface area contributed by atoms with Gasteiger partial charge in [-0.15, -0.1) is 0 Å². The lowest BCUT2D eigenvalue weighted by molar-refractivity contribution is 0.580. The summed E-state index contributed by atoms with van der Waals surface area (Å²) in [7, 11) is -4.03. The highest BCUT2D eigenvalue weighted by atomic mass is 32.2. The summed E-state index contributed by atoms with van der Waals surface area (Å²) in [6, 6.07) is 29.9. The molecule has 0 fully saturated rings. The molecular weight excluding hydrogens is 779 g/mol. The van der Waals surface area contributed by atoms with E-state index in [9.17, 15) is 0 Å². The Morgan fingerprint density at radius 1 is 0.484 bits per heavy atom. The molecule has 3 heterocycles. The summed E-state index contributed by atoms with van der Waals surface area (Å²) in [6.45, 7) is 27.1. The number of nitrogens with zero attached hydrogens (tertiary/aromatic N) is 2. The molecule has 1 N–H and O–H groups in total. The molecule has 2 aromatic heterocycles. The smallest absolute Gasteiger partial charge is 0.210 e. The van der Waals surface area contributed by atoms with E-state index in [1.165, 1.54) is 43.7 Å². The summed E-state index contributed by atoms with van der Waals surface area (Å²) in [5.41, 5.74) is 14.4. The van der Waals surface area contributed by atoms with Crippen LogP contribution in [0.15, 0.2) is 94.7 Å². The Balaban J connectivity index is 1.28. The van der Waals surface area contributed by atoms with Crippen molar-refractivity contribution in [2.45, 2.75) is 117 Å². The fourth-order valence-corrected chi connectivity index (χ4v) is 11.0. The number of anilines is 2. The van der Waals surface area contributed by atoms with Gasteiger partial charge in [-0.25, -0.2) is 8.42 Å². The second-order valence-corrected chi connectivity index (χ2v) is 21.3. The van der Waals surface area contributed by atoms with Gasteiger partial charge in [-0.2, -0.15) is 0 Å². The Morgan fingerprint density at radius 3 is 1.23 bits per heavy atom. The van der Waals surface area contributed by atoms with Gasteiger partial charge in [-0.1, -0.05) is 88.5 Å². The van der Waals surface area contributed by atoms with E-state index in [0.29, 0.717) is 22.5 Å². The van der Waals surface area contributed by atoms with Crippen LogP contribution in [0.3, 0.4) is 0 Å². The highest BCUT2D eigenvalue weighted by Crippen LogP contribution is 2.46. The molecule has 0 atom stereocenters. The summed E-state index contributed by atoms with van der Waals surface area (Å²) in [4.78, 5) is 0.477. The summed E-state index contributed by atoms with van der Waals surface area (Å²) in [5, 5.41) is 8.44. The van der Waals surface area contributed by atoms with E-state index in [1.807, 2.05) is 12.1 Å². The lowest BCUT2D eigenvalue weighted by atomic mass is 9.85. The Labute approximate surface area is 367 Å². The van der Waals surface area contributed by atoms with Gasteiger partial charge in [0.05, 0.1) is 43.3 Å². The molecular formula is C56H55N3O2S. The Bertz CT molecular complexity index is 3260. The van der Waals surface area contributed by atoms with Crippen LogP contribution < -0.4 is 5.32 Å². The number of rotatable bonds is 2. The molecule has 0 amide bonds. The molecule has 1 aliphatic rings. The van der Waals surface area contributed by atoms with Gasteiger partial charge in [0, 0.05) is 56.8 Å². The van der Waals surface area contributed by atoms with Crippen LogP contribution in [-0.2, 0) is 33.8 Å². The number of aromatic nitrogens is 2. The molecule has 6 heteroatoms. The highest BCUT2D eigenvalue weighted by molar-refractivity contribution is 7.92. The first kappa shape index (κ1) is 41.2. The SMILES string of the molecule is CCn1c2ccc(C)cc2c2cc(C)cc(C#Cc3cc(C(C)(C)C)cc4c3Nc3c(C#Cc5cc(C)cc6c7cc(C)ccc7n(CC)c56)cc(C(C)(C)C)cc3S4(=O)=O)c21. The summed E-state index contributed by atoms with van der Waals surface area (Å²) in [5.74, 6) is 14.2. The average molecular weight is 834 g/mol. The Morgan fingerprint density at radius 2 is 0.855 bits per heavy atom. The minimum absolute atomic E-state index is 0.238. The largest absolute Gasteiger partial charge is 0.351 e. The van der Waals surface area contributed by atoms with Crippen molar-refractivity contribution in [3.63, 3.8) is 0 Å². The molecule has 312 valence electrons. The molecule has 9 rings (SSSR count). The molecule has 5 nitrogen and oxygen atoms in total. The number of fused-ring (bicyclic) bond motifs is 8. The van der Waals surface area contributed by atoms with Gasteiger partial charge in [0.1, 0.15) is 0 Å². The number of hydrogen-bond acceptors (Lipinski definition) is 3. The van der Waals surface area contributed by atoms with Crippen LogP contribution in [-0.4, -0.2) is 17.6 Å². The molecule has 6 aromatic carbocycles. The minimum atomic E-state index is -4.03. The van der Waals surface area contributed by atoms with E-state index in [-0.39, 0.29) is 20.6 Å². The number of hydrogen-bond donors (Lipinski definition) is 1. The van der Waals surface area contributed by atoms with Crippen molar-refractivity contribution >= 4 is 64.8 Å². The zero-order valence-corrected chi connectivity index (χ0v) is 38.9. The van der Waals surface area contributed by atoms with Crippen molar-refractivity contribution in [3.8, 4) is 23.7 Å². The Hall–Kier alpha value is -6.21. The van der Waals surface area contributed by atoms with Crippen molar-refractivity contribution in [2.24, 2.45) is 0 Å². The molecule has 1 aliphatic heterocycles. The van der Waals surface area contributed by atoms with Crippen molar-refractivity contribution in [1.82, 2.24) is 9.13 Å². The van der Waals surface area contributed by atoms with E-state index in [0.717, 1.165) is 57.5 Å². The first-order valence-corrected chi connectivity index (χ1v) is 23.3. The number of aryl methyl sites for hydroxylation is 6. The van der Waals surface area contributed by atoms with Gasteiger partial charge in [0.15, 0.2) is 0 Å². The van der Waals surface area contributed by atoms with Gasteiger partial charge >= 0.3 is 0 Å². The maximum Gasteiger partial charge on any atom is 0.210 e. The van der Waals surface area contributed by atoms with Crippen molar-refractivity contribution in [1.29, 1.82) is 0 Å². The molecule has 62 heavy (non-hydrogen) atoms. The lowest BCUT2D eigenvalue weighted by Gasteiger charge is -2.29. The lowest BCUT2D eigenvalue weighted by Crippen LogP contribution is -2.21. The van der Waals surface area contributed by atoms with E-state index in [2.05, 4.69) is 194 Å². The first-order valence-electron chi connectivity index (χ1n) is 21.8. The number of benzene rings is 6. The monoisotopic (exact) mass is 833 g/mol. The maximum absolute atomic E-state index is 15.2. The third-order valence-electron chi connectivity index (χ3n) is 12.6. The second-order valence-electron chi connectivity index (χ2n) is 19.4. The third-order valence-corrected chi connectivity index (χ3v) is 14.4. The fourth-order valence-electron chi connectivity index (χ4n) is 9.33. The van der Waals surface area contributed by atoms with Crippen LogP contribution in [0.4, 0.5) is 11.4 Å². The standard InChI is InChI=1S/C56H55N3O2S/c1-13-58-47-21-15-33(3)25-43(47)45-27-35(5)23-39(53(45)58)19-17-37-29-41(55(7,8)9)31-49-51(37)57-52-38(30-42(56(10,11)12)32-50(52)62(49,60)61)18-20-40-24-36(6)28-46-44-26-34(4)16-22-48(44)59(14-2)54(40)46/h15-16,21-32,57H,13-14H2,1-12H3. The minimum Gasteiger partial charge on any atom is -0.351 e. The molecule has 0 unspecified atom stereocenters. The average Bonchev–Trinajstić information content (AvgIpc) is 3.68. The van der Waals surface area contributed by atoms with Gasteiger partial charge in [0.25, 0.3) is 0 Å². The molecule has 0 radical (unpaired) electrons. The van der Waals surface area contributed by atoms with Crippen molar-refractivity contribution < 1.29 is 8.42 Å². The molecule has 8 aromatic rings. The highest BCUT2D eigenvalue weighted by Gasteiger charge is 2.36.